The summed E-state index contributed by atoms with van der Waals surface area (Å²) in [6.07, 6.45) is 3.75. The molecule has 0 spiro atoms. The van der Waals surface area contributed by atoms with Gasteiger partial charge in [-0.3, -0.25) is 9.59 Å². The fourth-order valence-corrected chi connectivity index (χ4v) is 2.47. The zero-order valence-corrected chi connectivity index (χ0v) is 12.1. The molecule has 2 heterocycles. The lowest BCUT2D eigenvalue weighted by Crippen LogP contribution is -2.38. The van der Waals surface area contributed by atoms with E-state index < -0.39 is 0 Å². The van der Waals surface area contributed by atoms with Crippen LogP contribution in [0, 0.1) is 13.8 Å². The Bertz CT molecular complexity index is 476. The van der Waals surface area contributed by atoms with Crippen molar-refractivity contribution in [2.24, 2.45) is 0 Å². The lowest BCUT2D eigenvalue weighted by molar-refractivity contribution is -0.130. The number of aromatic nitrogens is 1. The third kappa shape index (κ3) is 3.37. The maximum absolute atomic E-state index is 12.0. The van der Waals surface area contributed by atoms with Crippen LogP contribution in [0.1, 0.15) is 47.5 Å². The van der Waals surface area contributed by atoms with Crippen LogP contribution in [0.5, 0.6) is 0 Å². The minimum absolute atomic E-state index is 0.189. The zero-order valence-electron chi connectivity index (χ0n) is 12.1. The Morgan fingerprint density at radius 3 is 2.85 bits per heavy atom. The standard InChI is InChI=1S/C14H21N3O3/c1-10-13(11(2)20-16-10)14(19)15-7-9-17-8-5-3-4-6-12(17)18/h3-9H2,1-2H3,(H,15,19). The quantitative estimate of drug-likeness (QED) is 0.904. The van der Waals surface area contributed by atoms with Gasteiger partial charge in [0.25, 0.3) is 5.91 Å². The number of likely N-dealkylation sites (tertiary alicyclic amines) is 1. The highest BCUT2D eigenvalue weighted by Crippen LogP contribution is 2.12. The molecule has 0 aromatic carbocycles. The number of carbonyl (C=O) groups excluding carboxylic acids is 2. The van der Waals surface area contributed by atoms with E-state index in [0.717, 1.165) is 25.8 Å². The smallest absolute Gasteiger partial charge is 0.256 e. The van der Waals surface area contributed by atoms with Crippen LogP contribution in [0.25, 0.3) is 0 Å². The maximum Gasteiger partial charge on any atom is 0.256 e. The Morgan fingerprint density at radius 2 is 2.15 bits per heavy atom. The molecule has 20 heavy (non-hydrogen) atoms. The number of hydrogen-bond donors (Lipinski definition) is 1. The fraction of sp³-hybridized carbons (Fsp3) is 0.643. The molecule has 0 bridgehead atoms. The van der Waals surface area contributed by atoms with Gasteiger partial charge in [-0.1, -0.05) is 11.6 Å². The van der Waals surface area contributed by atoms with Gasteiger partial charge in [0.1, 0.15) is 11.3 Å². The van der Waals surface area contributed by atoms with Crippen molar-refractivity contribution < 1.29 is 14.1 Å². The Labute approximate surface area is 118 Å². The summed E-state index contributed by atoms with van der Waals surface area (Å²) >= 11 is 0. The molecule has 110 valence electrons. The van der Waals surface area contributed by atoms with Crippen molar-refractivity contribution in [2.45, 2.75) is 39.5 Å². The molecule has 0 aliphatic carbocycles. The van der Waals surface area contributed by atoms with Crippen LogP contribution in [-0.2, 0) is 4.79 Å². The molecule has 1 aliphatic heterocycles. The van der Waals surface area contributed by atoms with Crippen molar-refractivity contribution >= 4 is 11.8 Å². The van der Waals surface area contributed by atoms with Crippen LogP contribution in [0.15, 0.2) is 4.52 Å². The van der Waals surface area contributed by atoms with Crippen LogP contribution < -0.4 is 5.32 Å². The van der Waals surface area contributed by atoms with Gasteiger partial charge in [0.2, 0.25) is 5.91 Å². The Kier molecular flexibility index (Phi) is 4.76. The fourth-order valence-electron chi connectivity index (χ4n) is 2.47. The van der Waals surface area contributed by atoms with E-state index in [2.05, 4.69) is 10.5 Å². The van der Waals surface area contributed by atoms with Crippen LogP contribution in [-0.4, -0.2) is 41.5 Å². The lowest BCUT2D eigenvalue weighted by atomic mass is 10.2. The van der Waals surface area contributed by atoms with Crippen LogP contribution in [0.3, 0.4) is 0 Å². The molecule has 1 aromatic heterocycles. The molecule has 0 saturated carbocycles. The Balaban J connectivity index is 1.83. The van der Waals surface area contributed by atoms with Gasteiger partial charge in [0, 0.05) is 26.1 Å². The van der Waals surface area contributed by atoms with Crippen molar-refractivity contribution in [2.75, 3.05) is 19.6 Å². The summed E-state index contributed by atoms with van der Waals surface area (Å²) in [5.41, 5.74) is 1.08. The van der Waals surface area contributed by atoms with Crippen molar-refractivity contribution in [3.05, 3.63) is 17.0 Å². The predicted octanol–water partition coefficient (Wildman–Crippen LogP) is 1.42. The van der Waals surface area contributed by atoms with E-state index in [0.29, 0.717) is 36.5 Å². The van der Waals surface area contributed by atoms with Gasteiger partial charge in [-0.2, -0.15) is 0 Å². The summed E-state index contributed by atoms with van der Waals surface area (Å²) in [7, 11) is 0. The molecule has 1 fully saturated rings. The van der Waals surface area contributed by atoms with Crippen molar-refractivity contribution in [3.63, 3.8) is 0 Å². The van der Waals surface area contributed by atoms with Gasteiger partial charge in [0.05, 0.1) is 5.69 Å². The second-order valence-electron chi connectivity index (χ2n) is 5.15. The molecule has 1 N–H and O–H groups in total. The van der Waals surface area contributed by atoms with E-state index in [1.54, 1.807) is 13.8 Å². The van der Waals surface area contributed by atoms with E-state index in [1.807, 2.05) is 4.90 Å². The summed E-state index contributed by atoms with van der Waals surface area (Å²) in [6.45, 7) is 5.26. The summed E-state index contributed by atoms with van der Waals surface area (Å²) in [6, 6.07) is 0. The van der Waals surface area contributed by atoms with Gasteiger partial charge in [-0.15, -0.1) is 0 Å². The molecule has 2 amide bonds. The van der Waals surface area contributed by atoms with E-state index in [4.69, 9.17) is 4.52 Å². The van der Waals surface area contributed by atoms with Crippen molar-refractivity contribution in [1.29, 1.82) is 0 Å². The number of carbonyl (C=O) groups is 2. The minimum Gasteiger partial charge on any atom is -0.361 e. The zero-order chi connectivity index (χ0) is 14.5. The Hall–Kier alpha value is -1.85. The summed E-state index contributed by atoms with van der Waals surface area (Å²) < 4.78 is 4.97. The van der Waals surface area contributed by atoms with E-state index in [1.165, 1.54) is 0 Å². The van der Waals surface area contributed by atoms with Crippen LogP contribution >= 0.6 is 0 Å². The highest BCUT2D eigenvalue weighted by atomic mass is 16.5. The first kappa shape index (κ1) is 14.6. The molecule has 1 aromatic rings. The van der Waals surface area contributed by atoms with Crippen LogP contribution in [0.2, 0.25) is 0 Å². The lowest BCUT2D eigenvalue weighted by Gasteiger charge is -2.20. The molecule has 2 rings (SSSR count). The molecule has 0 unspecified atom stereocenters. The molecule has 1 aliphatic rings. The summed E-state index contributed by atoms with van der Waals surface area (Å²) in [5, 5.41) is 6.58. The van der Waals surface area contributed by atoms with Gasteiger partial charge in [0.15, 0.2) is 0 Å². The molecular formula is C14H21N3O3. The highest BCUT2D eigenvalue weighted by Gasteiger charge is 2.19. The summed E-state index contributed by atoms with van der Waals surface area (Å²) in [5.74, 6) is 0.517. The number of nitrogens with one attached hydrogen (secondary N) is 1. The second-order valence-corrected chi connectivity index (χ2v) is 5.15. The molecule has 6 heteroatoms. The van der Waals surface area contributed by atoms with Gasteiger partial charge >= 0.3 is 0 Å². The SMILES string of the molecule is Cc1noc(C)c1C(=O)NCCN1CCCCCC1=O. The minimum atomic E-state index is -0.191. The van der Waals surface area contributed by atoms with Gasteiger partial charge in [-0.25, -0.2) is 0 Å². The Morgan fingerprint density at radius 1 is 1.35 bits per heavy atom. The van der Waals surface area contributed by atoms with Gasteiger partial charge < -0.3 is 14.7 Å². The molecular weight excluding hydrogens is 258 g/mol. The van der Waals surface area contributed by atoms with Crippen molar-refractivity contribution in [3.8, 4) is 0 Å². The van der Waals surface area contributed by atoms with Crippen LogP contribution in [0.4, 0.5) is 0 Å². The first-order valence-corrected chi connectivity index (χ1v) is 7.08. The molecule has 0 radical (unpaired) electrons. The number of nitrogens with zero attached hydrogens (tertiary/aromatic N) is 2. The van der Waals surface area contributed by atoms with E-state index >= 15 is 0 Å². The largest absolute Gasteiger partial charge is 0.361 e. The first-order valence-electron chi connectivity index (χ1n) is 7.08. The molecule has 6 nitrogen and oxygen atoms in total. The number of amides is 2. The number of rotatable bonds is 4. The second kappa shape index (κ2) is 6.54. The topological polar surface area (TPSA) is 75.4 Å². The molecule has 0 atom stereocenters. The third-order valence-corrected chi connectivity index (χ3v) is 3.60. The number of aryl methyl sites for hydroxylation is 2. The third-order valence-electron chi connectivity index (χ3n) is 3.60. The average Bonchev–Trinajstić information content (AvgIpc) is 2.61. The normalized spacial score (nSPS) is 16.1. The van der Waals surface area contributed by atoms with E-state index in [-0.39, 0.29) is 11.8 Å². The molecule has 1 saturated heterocycles. The van der Waals surface area contributed by atoms with E-state index in [9.17, 15) is 9.59 Å². The van der Waals surface area contributed by atoms with Crippen molar-refractivity contribution in [1.82, 2.24) is 15.4 Å². The highest BCUT2D eigenvalue weighted by molar-refractivity contribution is 5.96. The monoisotopic (exact) mass is 279 g/mol. The van der Waals surface area contributed by atoms with Gasteiger partial charge in [-0.05, 0) is 26.7 Å². The number of hydrogen-bond acceptors (Lipinski definition) is 4. The summed E-state index contributed by atoms with van der Waals surface area (Å²) in [4.78, 5) is 25.7. The first-order chi connectivity index (χ1) is 9.59. The predicted molar refractivity (Wildman–Crippen MR) is 73.4 cm³/mol. The maximum atomic E-state index is 12.0. The average molecular weight is 279 g/mol.